The van der Waals surface area contributed by atoms with E-state index in [-0.39, 0.29) is 6.04 Å². The summed E-state index contributed by atoms with van der Waals surface area (Å²) in [6, 6.07) is 15.7. The third-order valence-corrected chi connectivity index (χ3v) is 3.38. The minimum absolute atomic E-state index is 0.0441. The zero-order valence-corrected chi connectivity index (χ0v) is 11.7. The van der Waals surface area contributed by atoms with Gasteiger partial charge in [0.15, 0.2) is 0 Å². The van der Waals surface area contributed by atoms with Crippen molar-refractivity contribution in [2.24, 2.45) is 0 Å². The van der Waals surface area contributed by atoms with E-state index in [0.717, 1.165) is 21.8 Å². The van der Waals surface area contributed by atoms with Crippen LogP contribution in [0.4, 0.5) is 5.69 Å². The maximum absolute atomic E-state index is 9.13. The second-order valence-electron chi connectivity index (χ2n) is 4.55. The van der Waals surface area contributed by atoms with Crippen molar-refractivity contribution >= 4 is 17.3 Å². The summed E-state index contributed by atoms with van der Waals surface area (Å²) < 4.78 is 0. The second kappa shape index (κ2) is 5.77. The van der Waals surface area contributed by atoms with E-state index < -0.39 is 0 Å². The van der Waals surface area contributed by atoms with E-state index in [9.17, 15) is 0 Å². The number of hydrogen-bond donors (Lipinski definition) is 1. The molecule has 0 saturated heterocycles. The fraction of sp³-hybridized carbons (Fsp3) is 0.188. The largest absolute Gasteiger partial charge is 0.377 e. The van der Waals surface area contributed by atoms with Crippen LogP contribution in [-0.2, 0) is 0 Å². The van der Waals surface area contributed by atoms with Gasteiger partial charge in [0, 0.05) is 5.02 Å². The van der Waals surface area contributed by atoms with Crippen LogP contribution in [0.15, 0.2) is 42.5 Å². The van der Waals surface area contributed by atoms with Crippen LogP contribution in [0.3, 0.4) is 0 Å². The van der Waals surface area contributed by atoms with Gasteiger partial charge in [-0.05, 0) is 43.2 Å². The molecule has 0 amide bonds. The van der Waals surface area contributed by atoms with Gasteiger partial charge in [-0.2, -0.15) is 5.26 Å². The lowest BCUT2D eigenvalue weighted by molar-refractivity contribution is 0.884. The van der Waals surface area contributed by atoms with Crippen LogP contribution in [-0.4, -0.2) is 0 Å². The van der Waals surface area contributed by atoms with Gasteiger partial charge in [0.05, 0.1) is 17.3 Å². The molecule has 0 saturated carbocycles. The molecule has 2 aromatic carbocycles. The predicted octanol–water partition coefficient (Wildman–Crippen LogP) is 4.69. The molecule has 2 nitrogen and oxygen atoms in total. The van der Waals surface area contributed by atoms with Crippen molar-refractivity contribution in [3.63, 3.8) is 0 Å². The Morgan fingerprint density at radius 3 is 2.63 bits per heavy atom. The number of hydrogen-bond acceptors (Lipinski definition) is 2. The molecular weight excluding hydrogens is 256 g/mol. The molecule has 1 unspecified atom stereocenters. The third-order valence-electron chi connectivity index (χ3n) is 3.04. The molecule has 2 aromatic rings. The summed E-state index contributed by atoms with van der Waals surface area (Å²) in [4.78, 5) is 0. The topological polar surface area (TPSA) is 35.8 Å². The Kier molecular flexibility index (Phi) is 4.09. The lowest BCUT2D eigenvalue weighted by atomic mass is 10.1. The average Bonchev–Trinajstić information content (AvgIpc) is 2.39. The molecule has 0 heterocycles. The van der Waals surface area contributed by atoms with Crippen LogP contribution in [0.2, 0.25) is 5.02 Å². The summed E-state index contributed by atoms with van der Waals surface area (Å²) in [7, 11) is 0. The highest BCUT2D eigenvalue weighted by Gasteiger charge is 2.11. The number of anilines is 1. The zero-order valence-electron chi connectivity index (χ0n) is 10.9. The van der Waals surface area contributed by atoms with E-state index in [1.807, 2.05) is 56.3 Å². The Morgan fingerprint density at radius 1 is 1.21 bits per heavy atom. The minimum Gasteiger partial charge on any atom is -0.377 e. The first kappa shape index (κ1) is 13.5. The van der Waals surface area contributed by atoms with Crippen molar-refractivity contribution in [1.82, 2.24) is 0 Å². The molecule has 0 fully saturated rings. The Morgan fingerprint density at radius 2 is 1.95 bits per heavy atom. The molecule has 0 aliphatic heterocycles. The number of rotatable bonds is 3. The summed E-state index contributed by atoms with van der Waals surface area (Å²) in [6.07, 6.45) is 0. The van der Waals surface area contributed by atoms with Crippen molar-refractivity contribution in [3.05, 3.63) is 64.2 Å². The fourth-order valence-corrected chi connectivity index (χ4v) is 2.31. The summed E-state index contributed by atoms with van der Waals surface area (Å²) in [5.41, 5.74) is 3.63. The Balaban J connectivity index is 2.29. The maximum Gasteiger partial charge on any atom is 0.101 e. The fourth-order valence-electron chi connectivity index (χ4n) is 2.01. The van der Waals surface area contributed by atoms with E-state index in [1.165, 1.54) is 0 Å². The van der Waals surface area contributed by atoms with Crippen LogP contribution in [0.1, 0.15) is 29.7 Å². The van der Waals surface area contributed by atoms with E-state index in [1.54, 1.807) is 0 Å². The van der Waals surface area contributed by atoms with Crippen LogP contribution in [0, 0.1) is 18.3 Å². The van der Waals surface area contributed by atoms with Gasteiger partial charge in [0.1, 0.15) is 6.07 Å². The molecule has 2 rings (SSSR count). The quantitative estimate of drug-likeness (QED) is 0.878. The molecule has 0 bridgehead atoms. The highest BCUT2D eigenvalue weighted by Crippen LogP contribution is 2.27. The maximum atomic E-state index is 9.13. The first-order valence-corrected chi connectivity index (χ1v) is 6.51. The van der Waals surface area contributed by atoms with E-state index >= 15 is 0 Å². The molecule has 0 radical (unpaired) electrons. The van der Waals surface area contributed by atoms with Gasteiger partial charge in [-0.3, -0.25) is 0 Å². The molecule has 0 aromatic heterocycles. The number of halogens is 1. The molecule has 96 valence electrons. The van der Waals surface area contributed by atoms with Crippen LogP contribution in [0.5, 0.6) is 0 Å². The predicted molar refractivity (Wildman–Crippen MR) is 79.4 cm³/mol. The molecule has 0 aliphatic rings. The zero-order chi connectivity index (χ0) is 13.8. The lowest BCUT2D eigenvalue weighted by Gasteiger charge is -2.18. The monoisotopic (exact) mass is 270 g/mol. The summed E-state index contributed by atoms with van der Waals surface area (Å²) in [6.45, 7) is 4.04. The molecule has 3 heteroatoms. The third kappa shape index (κ3) is 3.07. The van der Waals surface area contributed by atoms with E-state index in [2.05, 4.69) is 11.4 Å². The lowest BCUT2D eigenvalue weighted by Crippen LogP contribution is -2.08. The van der Waals surface area contributed by atoms with Gasteiger partial charge in [0.2, 0.25) is 0 Å². The second-order valence-corrected chi connectivity index (χ2v) is 4.96. The Labute approximate surface area is 118 Å². The Bertz CT molecular complexity index is 629. The van der Waals surface area contributed by atoms with Crippen LogP contribution < -0.4 is 5.32 Å². The Hall–Kier alpha value is -1.98. The smallest absolute Gasteiger partial charge is 0.101 e. The summed E-state index contributed by atoms with van der Waals surface area (Å²) in [5.74, 6) is 0. The van der Waals surface area contributed by atoms with Gasteiger partial charge < -0.3 is 5.32 Å². The molecule has 0 spiro atoms. The number of aryl methyl sites for hydroxylation is 1. The van der Waals surface area contributed by atoms with Gasteiger partial charge in [-0.1, -0.05) is 35.9 Å². The summed E-state index contributed by atoms with van der Waals surface area (Å²) in [5, 5.41) is 13.2. The normalized spacial score (nSPS) is 11.7. The number of nitriles is 1. The van der Waals surface area contributed by atoms with Gasteiger partial charge in [-0.15, -0.1) is 0 Å². The van der Waals surface area contributed by atoms with Crippen LogP contribution >= 0.6 is 11.6 Å². The van der Waals surface area contributed by atoms with Crippen molar-refractivity contribution < 1.29 is 0 Å². The standard InChI is InChI=1S/C16H15ClN2/c1-11-7-8-13(10-18)16(9-11)19-12(2)14-5-3-4-6-15(14)17/h3-9,12,19H,1-2H3. The average molecular weight is 271 g/mol. The molecule has 19 heavy (non-hydrogen) atoms. The first-order valence-electron chi connectivity index (χ1n) is 6.13. The first-order chi connectivity index (χ1) is 9.11. The number of nitrogens with one attached hydrogen (secondary N) is 1. The number of nitrogens with zero attached hydrogens (tertiary/aromatic N) is 1. The van der Waals surface area contributed by atoms with Crippen LogP contribution in [0.25, 0.3) is 0 Å². The SMILES string of the molecule is Cc1ccc(C#N)c(NC(C)c2ccccc2Cl)c1. The van der Waals surface area contributed by atoms with Gasteiger partial charge >= 0.3 is 0 Å². The van der Waals surface area contributed by atoms with Gasteiger partial charge in [-0.25, -0.2) is 0 Å². The highest BCUT2D eigenvalue weighted by atomic mass is 35.5. The summed E-state index contributed by atoms with van der Waals surface area (Å²) >= 11 is 6.19. The van der Waals surface area contributed by atoms with E-state index in [4.69, 9.17) is 16.9 Å². The van der Waals surface area contributed by atoms with Crippen molar-refractivity contribution in [2.75, 3.05) is 5.32 Å². The molecular formula is C16H15ClN2. The van der Waals surface area contributed by atoms with Gasteiger partial charge in [0.25, 0.3) is 0 Å². The van der Waals surface area contributed by atoms with Crippen molar-refractivity contribution in [1.29, 1.82) is 5.26 Å². The minimum atomic E-state index is 0.0441. The van der Waals surface area contributed by atoms with Crippen molar-refractivity contribution in [2.45, 2.75) is 19.9 Å². The number of benzene rings is 2. The highest BCUT2D eigenvalue weighted by molar-refractivity contribution is 6.31. The van der Waals surface area contributed by atoms with Crippen molar-refractivity contribution in [3.8, 4) is 6.07 Å². The molecule has 1 N–H and O–H groups in total. The molecule has 1 atom stereocenters. The van der Waals surface area contributed by atoms with E-state index in [0.29, 0.717) is 5.56 Å². The molecule has 0 aliphatic carbocycles.